The minimum Gasteiger partial charge on any atom is -0.496 e. The first kappa shape index (κ1) is 15.3. The van der Waals surface area contributed by atoms with Crippen LogP contribution < -0.4 is 14.8 Å². The van der Waals surface area contributed by atoms with Gasteiger partial charge in [-0.2, -0.15) is 0 Å². The van der Waals surface area contributed by atoms with Crippen LogP contribution in [0.1, 0.15) is 15.9 Å². The summed E-state index contributed by atoms with van der Waals surface area (Å²) in [5.41, 5.74) is 2.25. The molecule has 2 aromatic carbocycles. The molecule has 0 radical (unpaired) electrons. The Kier molecular flexibility index (Phi) is 4.16. The van der Waals surface area contributed by atoms with Crippen LogP contribution in [0.4, 0.5) is 5.13 Å². The van der Waals surface area contributed by atoms with Crippen LogP contribution in [0.15, 0.2) is 36.4 Å². The molecule has 1 heterocycles. The lowest BCUT2D eigenvalue weighted by molar-refractivity contribution is 0.102. The van der Waals surface area contributed by atoms with E-state index in [0.29, 0.717) is 22.2 Å². The third-order valence-corrected chi connectivity index (χ3v) is 4.43. The second-order valence-electron chi connectivity index (χ2n) is 4.96. The molecule has 3 aromatic rings. The largest absolute Gasteiger partial charge is 0.496 e. The number of hydrogen-bond donors (Lipinski definition) is 1. The fourth-order valence-corrected chi connectivity index (χ4v) is 3.15. The van der Waals surface area contributed by atoms with Gasteiger partial charge >= 0.3 is 0 Å². The molecule has 0 fully saturated rings. The number of anilines is 1. The molecule has 0 spiro atoms. The first-order valence-electron chi connectivity index (χ1n) is 7.02. The minimum atomic E-state index is -0.221. The zero-order valence-electron chi connectivity index (χ0n) is 13.0. The maximum atomic E-state index is 12.4. The molecular formula is C17H16N2O3S. The van der Waals surface area contributed by atoms with E-state index in [4.69, 9.17) is 9.47 Å². The number of ether oxygens (including phenoxy) is 2. The molecule has 0 saturated heterocycles. The molecule has 0 atom stereocenters. The van der Waals surface area contributed by atoms with E-state index in [1.807, 2.05) is 31.2 Å². The summed E-state index contributed by atoms with van der Waals surface area (Å²) in [4.78, 5) is 16.8. The molecule has 5 nitrogen and oxygen atoms in total. The lowest BCUT2D eigenvalue weighted by Gasteiger charge is -2.07. The zero-order valence-corrected chi connectivity index (χ0v) is 13.9. The fraction of sp³-hybridized carbons (Fsp3) is 0.176. The summed E-state index contributed by atoms with van der Waals surface area (Å²) >= 11 is 1.41. The van der Waals surface area contributed by atoms with Crippen LogP contribution in [0.5, 0.6) is 11.5 Å². The van der Waals surface area contributed by atoms with Crippen molar-refractivity contribution >= 4 is 32.6 Å². The monoisotopic (exact) mass is 328 g/mol. The summed E-state index contributed by atoms with van der Waals surface area (Å²) in [5, 5.41) is 3.36. The normalized spacial score (nSPS) is 10.6. The number of rotatable bonds is 4. The van der Waals surface area contributed by atoms with Crippen LogP contribution in [0.2, 0.25) is 0 Å². The Morgan fingerprint density at radius 3 is 2.65 bits per heavy atom. The van der Waals surface area contributed by atoms with E-state index in [9.17, 15) is 4.79 Å². The van der Waals surface area contributed by atoms with Crippen molar-refractivity contribution in [2.75, 3.05) is 19.5 Å². The molecule has 118 valence electrons. The number of para-hydroxylation sites is 1. The Hall–Kier alpha value is -2.60. The topological polar surface area (TPSA) is 60.5 Å². The Morgan fingerprint density at radius 1 is 1.13 bits per heavy atom. The van der Waals surface area contributed by atoms with Crippen molar-refractivity contribution in [2.45, 2.75) is 6.92 Å². The number of methoxy groups -OCH3 is 2. The highest BCUT2D eigenvalue weighted by atomic mass is 32.1. The Bertz CT molecular complexity index is 873. The third-order valence-electron chi connectivity index (χ3n) is 3.49. The highest BCUT2D eigenvalue weighted by molar-refractivity contribution is 7.22. The van der Waals surface area contributed by atoms with Gasteiger partial charge in [-0.15, -0.1) is 0 Å². The fourth-order valence-electron chi connectivity index (χ4n) is 2.27. The van der Waals surface area contributed by atoms with Crippen LogP contribution >= 0.6 is 11.3 Å². The Balaban J connectivity index is 1.88. The smallest absolute Gasteiger partial charge is 0.257 e. The van der Waals surface area contributed by atoms with Gasteiger partial charge < -0.3 is 9.47 Å². The van der Waals surface area contributed by atoms with Crippen molar-refractivity contribution in [3.63, 3.8) is 0 Å². The highest BCUT2D eigenvalue weighted by Gasteiger charge is 2.13. The quantitative estimate of drug-likeness (QED) is 0.790. The van der Waals surface area contributed by atoms with Crippen molar-refractivity contribution in [3.05, 3.63) is 47.5 Å². The first-order chi connectivity index (χ1) is 11.1. The number of thiazole rings is 1. The molecule has 1 N–H and O–H groups in total. The van der Waals surface area contributed by atoms with E-state index < -0.39 is 0 Å². The molecule has 1 aromatic heterocycles. The molecule has 6 heteroatoms. The summed E-state index contributed by atoms with van der Waals surface area (Å²) in [6, 6.07) is 11.0. The van der Waals surface area contributed by atoms with Gasteiger partial charge in [0.05, 0.1) is 18.9 Å². The number of aromatic nitrogens is 1. The molecule has 0 unspecified atom stereocenters. The van der Waals surface area contributed by atoms with Gasteiger partial charge in [0.15, 0.2) is 5.13 Å². The van der Waals surface area contributed by atoms with E-state index in [0.717, 1.165) is 15.8 Å². The van der Waals surface area contributed by atoms with E-state index in [1.54, 1.807) is 26.4 Å². The predicted octanol–water partition coefficient (Wildman–Crippen LogP) is 3.87. The van der Waals surface area contributed by atoms with Gasteiger partial charge in [-0.1, -0.05) is 23.5 Å². The maximum absolute atomic E-state index is 12.4. The van der Waals surface area contributed by atoms with E-state index in [-0.39, 0.29) is 5.91 Å². The molecule has 0 bridgehead atoms. The van der Waals surface area contributed by atoms with Crippen molar-refractivity contribution < 1.29 is 14.3 Å². The average molecular weight is 328 g/mol. The van der Waals surface area contributed by atoms with Crippen LogP contribution in [-0.4, -0.2) is 25.1 Å². The van der Waals surface area contributed by atoms with Gasteiger partial charge in [0.25, 0.3) is 5.91 Å². The minimum absolute atomic E-state index is 0.221. The molecule has 0 saturated carbocycles. The average Bonchev–Trinajstić information content (AvgIpc) is 2.97. The molecule has 3 rings (SSSR count). The third kappa shape index (κ3) is 2.98. The van der Waals surface area contributed by atoms with E-state index in [1.165, 1.54) is 11.3 Å². The Morgan fingerprint density at radius 2 is 1.91 bits per heavy atom. The molecule has 1 amide bonds. The summed E-state index contributed by atoms with van der Waals surface area (Å²) in [7, 11) is 3.19. The number of fused-ring (bicyclic) bond motifs is 1. The maximum Gasteiger partial charge on any atom is 0.257 e. The van der Waals surface area contributed by atoms with Gasteiger partial charge in [0, 0.05) is 5.56 Å². The number of hydrogen-bond acceptors (Lipinski definition) is 5. The van der Waals surface area contributed by atoms with Crippen LogP contribution in [0, 0.1) is 6.92 Å². The van der Waals surface area contributed by atoms with Crippen molar-refractivity contribution in [1.82, 2.24) is 4.98 Å². The lowest BCUT2D eigenvalue weighted by atomic mass is 10.1. The predicted molar refractivity (Wildman–Crippen MR) is 91.9 cm³/mol. The first-order valence-corrected chi connectivity index (χ1v) is 7.83. The number of nitrogens with zero attached hydrogens (tertiary/aromatic N) is 1. The summed E-state index contributed by atoms with van der Waals surface area (Å²) in [6.07, 6.45) is 0. The van der Waals surface area contributed by atoms with Crippen molar-refractivity contribution in [1.29, 1.82) is 0 Å². The summed E-state index contributed by atoms with van der Waals surface area (Å²) in [6.45, 7) is 1.93. The van der Waals surface area contributed by atoms with Gasteiger partial charge in [0.2, 0.25) is 0 Å². The second-order valence-corrected chi connectivity index (χ2v) is 6.00. The highest BCUT2D eigenvalue weighted by Crippen LogP contribution is 2.32. The number of benzene rings is 2. The van der Waals surface area contributed by atoms with Gasteiger partial charge in [0.1, 0.15) is 17.0 Å². The second kappa shape index (κ2) is 6.26. The van der Waals surface area contributed by atoms with Gasteiger partial charge in [-0.05, 0) is 36.8 Å². The summed E-state index contributed by atoms with van der Waals surface area (Å²) < 4.78 is 11.5. The number of carbonyl (C=O) groups excluding carboxylic acids is 1. The Labute approximate surface area is 137 Å². The van der Waals surface area contributed by atoms with Crippen LogP contribution in [0.25, 0.3) is 10.2 Å². The van der Waals surface area contributed by atoms with Crippen LogP contribution in [0.3, 0.4) is 0 Å². The van der Waals surface area contributed by atoms with Crippen LogP contribution in [-0.2, 0) is 0 Å². The SMILES string of the molecule is COc1cc(C(=O)Nc2nc3c(OC)cccc3s2)ccc1C. The number of aryl methyl sites for hydroxylation is 1. The van der Waals surface area contributed by atoms with E-state index >= 15 is 0 Å². The standard InChI is InChI=1S/C17H16N2O3S/c1-10-7-8-11(9-13(10)22-3)16(20)19-17-18-15-12(21-2)5-4-6-14(15)23-17/h4-9H,1-3H3,(H,18,19,20). The van der Waals surface area contributed by atoms with E-state index in [2.05, 4.69) is 10.3 Å². The molecular weight excluding hydrogens is 312 g/mol. The number of amides is 1. The lowest BCUT2D eigenvalue weighted by Crippen LogP contribution is -2.11. The summed E-state index contributed by atoms with van der Waals surface area (Å²) in [5.74, 6) is 1.15. The van der Waals surface area contributed by atoms with Gasteiger partial charge in [-0.25, -0.2) is 4.98 Å². The van der Waals surface area contributed by atoms with Crippen molar-refractivity contribution in [3.8, 4) is 11.5 Å². The molecule has 0 aliphatic rings. The van der Waals surface area contributed by atoms with Crippen molar-refractivity contribution in [2.24, 2.45) is 0 Å². The molecule has 0 aliphatic carbocycles. The molecule has 23 heavy (non-hydrogen) atoms. The number of nitrogens with one attached hydrogen (secondary N) is 1. The number of carbonyl (C=O) groups is 1. The zero-order chi connectivity index (χ0) is 16.4. The molecule has 0 aliphatic heterocycles. The van der Waals surface area contributed by atoms with Gasteiger partial charge in [-0.3, -0.25) is 10.1 Å².